The van der Waals surface area contributed by atoms with Gasteiger partial charge >= 0.3 is 0 Å². The predicted molar refractivity (Wildman–Crippen MR) is 86.4 cm³/mol. The average molecular weight is 356 g/mol. The molecule has 0 unspecified atom stereocenters. The van der Waals surface area contributed by atoms with E-state index in [1.165, 1.54) is 44.6 Å². The SMILES string of the molecule is CNC(=O)c1cc(S(=O)(=O)Nc2cccnc2Cl)ccc1OC. The highest BCUT2D eigenvalue weighted by molar-refractivity contribution is 7.92. The van der Waals surface area contributed by atoms with Crippen molar-refractivity contribution in [2.75, 3.05) is 18.9 Å². The Kier molecular flexibility index (Phi) is 5.07. The molecule has 0 saturated heterocycles. The lowest BCUT2D eigenvalue weighted by molar-refractivity contribution is 0.0960. The number of benzene rings is 1. The fraction of sp³-hybridized carbons (Fsp3) is 0.143. The summed E-state index contributed by atoms with van der Waals surface area (Å²) in [5, 5.41) is 2.45. The van der Waals surface area contributed by atoms with Crippen molar-refractivity contribution in [2.45, 2.75) is 4.90 Å². The topological polar surface area (TPSA) is 97.4 Å². The van der Waals surface area contributed by atoms with E-state index >= 15 is 0 Å². The van der Waals surface area contributed by atoms with Crippen molar-refractivity contribution in [2.24, 2.45) is 0 Å². The number of carbonyl (C=O) groups is 1. The number of hydrogen-bond acceptors (Lipinski definition) is 5. The molecule has 2 rings (SSSR count). The van der Waals surface area contributed by atoms with Gasteiger partial charge in [0.25, 0.3) is 15.9 Å². The largest absolute Gasteiger partial charge is 0.496 e. The Morgan fingerprint density at radius 3 is 2.65 bits per heavy atom. The molecule has 1 amide bonds. The Morgan fingerprint density at radius 2 is 2.04 bits per heavy atom. The van der Waals surface area contributed by atoms with Crippen LogP contribution in [0.4, 0.5) is 5.69 Å². The highest BCUT2D eigenvalue weighted by atomic mass is 35.5. The first-order valence-corrected chi connectivity index (χ1v) is 8.28. The predicted octanol–water partition coefficient (Wildman–Crippen LogP) is 1.90. The highest BCUT2D eigenvalue weighted by Crippen LogP contribution is 2.25. The Bertz CT molecular complexity index is 840. The van der Waals surface area contributed by atoms with Crippen molar-refractivity contribution in [3.63, 3.8) is 0 Å². The maximum Gasteiger partial charge on any atom is 0.262 e. The molecule has 0 aliphatic carbocycles. The standard InChI is InChI=1S/C14H14ClN3O4S/c1-16-14(19)10-8-9(5-6-12(10)22-2)23(20,21)18-11-4-3-7-17-13(11)15/h3-8,18H,1-2H3,(H,16,19). The number of hydrogen-bond donors (Lipinski definition) is 2. The molecule has 23 heavy (non-hydrogen) atoms. The Labute approximate surface area is 138 Å². The fourth-order valence-electron chi connectivity index (χ4n) is 1.83. The molecule has 9 heteroatoms. The van der Waals surface area contributed by atoms with E-state index in [4.69, 9.17) is 16.3 Å². The molecule has 0 radical (unpaired) electrons. The van der Waals surface area contributed by atoms with Crippen molar-refractivity contribution < 1.29 is 17.9 Å². The monoisotopic (exact) mass is 355 g/mol. The number of aromatic nitrogens is 1. The maximum absolute atomic E-state index is 12.4. The van der Waals surface area contributed by atoms with E-state index in [1.54, 1.807) is 6.07 Å². The number of amides is 1. The minimum Gasteiger partial charge on any atom is -0.496 e. The molecule has 0 saturated carbocycles. The van der Waals surface area contributed by atoms with Gasteiger partial charge in [0.05, 0.1) is 23.3 Å². The van der Waals surface area contributed by atoms with Gasteiger partial charge in [0.15, 0.2) is 5.15 Å². The Balaban J connectivity index is 2.44. The second-order valence-corrected chi connectivity index (χ2v) is 6.43. The van der Waals surface area contributed by atoms with Crippen molar-refractivity contribution >= 4 is 33.2 Å². The van der Waals surface area contributed by atoms with E-state index in [0.29, 0.717) is 0 Å². The van der Waals surface area contributed by atoms with Crippen LogP contribution in [-0.2, 0) is 10.0 Å². The molecule has 0 atom stereocenters. The molecule has 0 bridgehead atoms. The van der Waals surface area contributed by atoms with Crippen LogP contribution in [0.2, 0.25) is 5.15 Å². The normalized spacial score (nSPS) is 10.9. The van der Waals surface area contributed by atoms with Crippen molar-refractivity contribution in [3.05, 3.63) is 47.2 Å². The van der Waals surface area contributed by atoms with Gasteiger partial charge in [0, 0.05) is 13.2 Å². The minimum absolute atomic E-state index is 0.0242. The number of ether oxygens (including phenoxy) is 1. The van der Waals surface area contributed by atoms with E-state index in [0.717, 1.165) is 0 Å². The summed E-state index contributed by atoms with van der Waals surface area (Å²) in [7, 11) is -1.10. The van der Waals surface area contributed by atoms with E-state index < -0.39 is 15.9 Å². The third-order valence-electron chi connectivity index (χ3n) is 2.96. The number of sulfonamides is 1. The van der Waals surface area contributed by atoms with Crippen LogP contribution in [0.25, 0.3) is 0 Å². The molecule has 0 spiro atoms. The number of nitrogens with one attached hydrogen (secondary N) is 2. The van der Waals surface area contributed by atoms with Gasteiger partial charge in [-0.1, -0.05) is 11.6 Å². The van der Waals surface area contributed by atoms with E-state index in [9.17, 15) is 13.2 Å². The van der Waals surface area contributed by atoms with Crippen LogP contribution >= 0.6 is 11.6 Å². The summed E-state index contributed by atoms with van der Waals surface area (Å²) in [6, 6.07) is 7.00. The fourth-order valence-corrected chi connectivity index (χ4v) is 3.15. The van der Waals surface area contributed by atoms with Crippen molar-refractivity contribution in [1.29, 1.82) is 0 Å². The summed E-state index contributed by atoms with van der Waals surface area (Å²) in [4.78, 5) is 15.5. The first kappa shape index (κ1) is 17.0. The number of pyridine rings is 1. The third kappa shape index (κ3) is 3.72. The van der Waals surface area contributed by atoms with Gasteiger partial charge in [0.1, 0.15) is 5.75 Å². The summed E-state index contributed by atoms with van der Waals surface area (Å²) in [5.74, 6) is -0.193. The summed E-state index contributed by atoms with van der Waals surface area (Å²) < 4.78 is 32.3. The van der Waals surface area contributed by atoms with Crippen molar-refractivity contribution in [1.82, 2.24) is 10.3 Å². The zero-order valence-electron chi connectivity index (χ0n) is 12.3. The molecule has 1 heterocycles. The average Bonchev–Trinajstić information content (AvgIpc) is 2.55. The van der Waals surface area contributed by atoms with Crippen LogP contribution in [0, 0.1) is 0 Å². The quantitative estimate of drug-likeness (QED) is 0.798. The Hall–Kier alpha value is -2.32. The van der Waals surface area contributed by atoms with Gasteiger partial charge in [-0.2, -0.15) is 0 Å². The van der Waals surface area contributed by atoms with Crippen LogP contribution < -0.4 is 14.8 Å². The third-order valence-corrected chi connectivity index (χ3v) is 4.62. The van der Waals surface area contributed by atoms with E-state index in [2.05, 4.69) is 15.0 Å². The molecular weight excluding hydrogens is 342 g/mol. The van der Waals surface area contributed by atoms with Gasteiger partial charge < -0.3 is 10.1 Å². The second kappa shape index (κ2) is 6.84. The molecule has 0 aliphatic heterocycles. The van der Waals surface area contributed by atoms with Crippen LogP contribution in [0.3, 0.4) is 0 Å². The molecule has 7 nitrogen and oxygen atoms in total. The van der Waals surface area contributed by atoms with Crippen LogP contribution in [0.15, 0.2) is 41.4 Å². The molecule has 0 fully saturated rings. The molecule has 1 aromatic carbocycles. The van der Waals surface area contributed by atoms with Gasteiger partial charge in [-0.3, -0.25) is 9.52 Å². The summed E-state index contributed by atoms with van der Waals surface area (Å²) >= 11 is 5.85. The van der Waals surface area contributed by atoms with E-state index in [-0.39, 0.29) is 27.0 Å². The molecule has 2 N–H and O–H groups in total. The smallest absolute Gasteiger partial charge is 0.262 e. The van der Waals surface area contributed by atoms with Gasteiger partial charge in [-0.05, 0) is 30.3 Å². The van der Waals surface area contributed by atoms with Crippen molar-refractivity contribution in [3.8, 4) is 5.75 Å². The number of rotatable bonds is 5. The first-order chi connectivity index (χ1) is 10.9. The lowest BCUT2D eigenvalue weighted by atomic mass is 10.2. The summed E-state index contributed by atoms with van der Waals surface area (Å²) in [5.41, 5.74) is 0.252. The van der Waals surface area contributed by atoms with Crippen LogP contribution in [-0.4, -0.2) is 33.5 Å². The number of anilines is 1. The molecule has 0 aliphatic rings. The van der Waals surface area contributed by atoms with Gasteiger partial charge in [-0.15, -0.1) is 0 Å². The van der Waals surface area contributed by atoms with Gasteiger partial charge in [-0.25, -0.2) is 13.4 Å². The summed E-state index contributed by atoms with van der Waals surface area (Å²) in [6.07, 6.45) is 1.44. The molecule has 1 aromatic heterocycles. The zero-order chi connectivity index (χ0) is 17.0. The maximum atomic E-state index is 12.4. The van der Waals surface area contributed by atoms with Gasteiger partial charge in [0.2, 0.25) is 0 Å². The lowest BCUT2D eigenvalue weighted by Gasteiger charge is -2.12. The number of methoxy groups -OCH3 is 1. The number of halogens is 1. The summed E-state index contributed by atoms with van der Waals surface area (Å²) in [6.45, 7) is 0. The number of carbonyl (C=O) groups excluding carboxylic acids is 1. The highest BCUT2D eigenvalue weighted by Gasteiger charge is 2.20. The Morgan fingerprint density at radius 1 is 1.30 bits per heavy atom. The van der Waals surface area contributed by atoms with E-state index in [1.807, 2.05) is 0 Å². The van der Waals surface area contributed by atoms with Crippen LogP contribution in [0.5, 0.6) is 5.75 Å². The minimum atomic E-state index is -3.94. The molecule has 2 aromatic rings. The zero-order valence-corrected chi connectivity index (χ0v) is 13.9. The molecular formula is C14H14ClN3O4S. The lowest BCUT2D eigenvalue weighted by Crippen LogP contribution is -2.20. The first-order valence-electron chi connectivity index (χ1n) is 6.42. The molecule has 122 valence electrons. The van der Waals surface area contributed by atoms with Crippen LogP contribution in [0.1, 0.15) is 10.4 Å². The second-order valence-electron chi connectivity index (χ2n) is 4.39. The number of nitrogens with zero attached hydrogens (tertiary/aromatic N) is 1.